The summed E-state index contributed by atoms with van der Waals surface area (Å²) in [4.78, 5) is 0. The van der Waals surface area contributed by atoms with E-state index in [1.165, 1.54) is 154 Å². The molecule has 0 aliphatic carbocycles. The lowest BCUT2D eigenvalue weighted by molar-refractivity contribution is 0.807. The Morgan fingerprint density at radius 3 is 1.12 bits per heavy atom. The molecule has 0 atom stereocenters. The van der Waals surface area contributed by atoms with Crippen LogP contribution in [0.25, 0.3) is 133 Å². The van der Waals surface area contributed by atoms with Gasteiger partial charge in [0.1, 0.15) is 11.3 Å². The molecule has 0 radical (unpaired) electrons. The molecule has 0 saturated heterocycles. The average Bonchev–Trinajstić information content (AvgIpc) is 3.33. The largest absolute Gasteiger partial charge is 0.307 e. The quantitative estimate of drug-likeness (QED) is 0.149. The zero-order valence-corrected chi connectivity index (χ0v) is 45.6. The molecule has 0 fully saturated rings. The number of hydrogen-bond donors (Lipinski definition) is 0. The smallest absolute Gasteiger partial charge is 0.258 e. The van der Waals surface area contributed by atoms with E-state index in [-0.39, 0.29) is 6.71 Å². The summed E-state index contributed by atoms with van der Waals surface area (Å²) in [5.74, 6) is 1.02. The Kier molecular flexibility index (Phi) is 8.70. The fraction of sp³-hybridized carbons (Fsp3) is 0.123. The number of para-hydroxylation sites is 8. The van der Waals surface area contributed by atoms with Crippen LogP contribution >= 0.6 is 0 Å². The topological polar surface area (TPSA) is 28.5 Å². The molecule has 0 N–H and O–H groups in total. The van der Waals surface area contributed by atoms with Crippen molar-refractivity contribution in [1.82, 2.24) is 27.1 Å². The van der Waals surface area contributed by atoms with Crippen LogP contribution in [0.2, 0.25) is 0 Å². The molecule has 0 bridgehead atoms. The van der Waals surface area contributed by atoms with Crippen molar-refractivity contribution in [1.29, 1.82) is 0 Å². The van der Waals surface area contributed by atoms with Gasteiger partial charge in [0, 0.05) is 44.3 Å². The number of rotatable bonds is 6. The van der Waals surface area contributed by atoms with Gasteiger partial charge in [-0.05, 0) is 146 Å². The number of benzene rings is 10. The standard InChI is InChI=1S/C73H55BN6/c1-41(2)44-37-54(42(3)4)64(55(38-44)43(5)6)45-39-62-67-63(40-45)78-59-30-18-20-32-61(59)80-71-53(36-34-51-49-26-14-16-28-57(49)76(69(51)71)47-23-11-8-12-24-47)66(73(78)80)74(67)65-52-35-33-50-48-25-13-15-27-56(48)75(46-21-9-7-10-22-46)68(50)70(52)79-60-31-19-17-29-58(60)77(62)72(65)79/h7-43H,1-6H3. The molecule has 18 rings (SSSR count). The van der Waals surface area contributed by atoms with E-state index < -0.39 is 0 Å². The predicted octanol–water partition coefficient (Wildman–Crippen LogP) is 16.8. The monoisotopic (exact) mass is 1030 g/mol. The first-order chi connectivity index (χ1) is 39.3. The minimum atomic E-state index is -0.140. The predicted molar refractivity (Wildman–Crippen MR) is 338 cm³/mol. The normalized spacial score (nSPS) is 13.2. The maximum Gasteiger partial charge on any atom is 0.258 e. The van der Waals surface area contributed by atoms with Gasteiger partial charge in [-0.15, -0.1) is 0 Å². The van der Waals surface area contributed by atoms with Gasteiger partial charge >= 0.3 is 0 Å². The summed E-state index contributed by atoms with van der Waals surface area (Å²) in [6.45, 7) is 14.1. The molecule has 0 amide bonds. The molecule has 8 heterocycles. The summed E-state index contributed by atoms with van der Waals surface area (Å²) in [5.41, 5.74) is 30.4. The third-order valence-electron chi connectivity index (χ3n) is 18.6. The Hall–Kier alpha value is -9.46. The van der Waals surface area contributed by atoms with E-state index in [0.717, 1.165) is 11.4 Å². The first kappa shape index (κ1) is 44.5. The van der Waals surface area contributed by atoms with Gasteiger partial charge < -0.3 is 9.13 Å². The van der Waals surface area contributed by atoms with Crippen LogP contribution in [0.15, 0.2) is 206 Å². The van der Waals surface area contributed by atoms with Gasteiger partial charge in [0.15, 0.2) is 0 Å². The Bertz CT molecular complexity index is 5070. The maximum atomic E-state index is 2.68. The van der Waals surface area contributed by atoms with Gasteiger partial charge in [0.05, 0.1) is 55.2 Å². The van der Waals surface area contributed by atoms with E-state index in [2.05, 4.69) is 275 Å². The highest BCUT2D eigenvalue weighted by Crippen LogP contribution is 2.48. The van der Waals surface area contributed by atoms with E-state index in [4.69, 9.17) is 0 Å². The SMILES string of the molecule is CC(C)c1cc(C(C)C)c(-c2cc3c4c(c2)-n2c5ccccc5n5c6c(ccc7c8ccccc8n(-c8ccccc8)c76)c(c25)B4c2c4ccc5c6ccccc6n(-c6ccccc6)c5c4n4c5ccccc5n-3c24)c(C(C)C)c1. The summed E-state index contributed by atoms with van der Waals surface area (Å²) >= 11 is 0. The summed E-state index contributed by atoms with van der Waals surface area (Å²) in [6.07, 6.45) is 0. The van der Waals surface area contributed by atoms with Gasteiger partial charge in [-0.25, -0.2) is 0 Å². The molecule has 10 aromatic carbocycles. The molecule has 2 aliphatic rings. The van der Waals surface area contributed by atoms with Crippen LogP contribution in [-0.2, 0) is 0 Å². The minimum Gasteiger partial charge on any atom is -0.307 e. The van der Waals surface area contributed by atoms with Crippen molar-refractivity contribution < 1.29 is 0 Å². The zero-order chi connectivity index (χ0) is 53.1. The molecule has 6 aromatic heterocycles. The van der Waals surface area contributed by atoms with Gasteiger partial charge in [0.25, 0.3) is 6.71 Å². The second kappa shape index (κ2) is 15.6. The number of imidazole rings is 2. The van der Waals surface area contributed by atoms with Gasteiger partial charge in [-0.2, -0.15) is 0 Å². The summed E-state index contributed by atoms with van der Waals surface area (Å²) in [5, 5.41) is 7.57. The molecule has 0 spiro atoms. The van der Waals surface area contributed by atoms with Gasteiger partial charge in [-0.1, -0.05) is 175 Å². The first-order valence-corrected chi connectivity index (χ1v) is 28.7. The molecule has 80 heavy (non-hydrogen) atoms. The molecule has 0 saturated carbocycles. The van der Waals surface area contributed by atoms with E-state index >= 15 is 0 Å². The fourth-order valence-corrected chi connectivity index (χ4v) is 15.4. The third-order valence-corrected chi connectivity index (χ3v) is 18.6. The number of aromatic nitrogens is 6. The molecule has 16 aromatic rings. The molecule has 7 heteroatoms. The number of hydrogen-bond acceptors (Lipinski definition) is 0. The lowest BCUT2D eigenvalue weighted by Crippen LogP contribution is -2.59. The molecule has 2 aliphatic heterocycles. The minimum absolute atomic E-state index is 0.140. The Morgan fingerprint density at radius 1 is 0.312 bits per heavy atom. The number of fused-ring (bicyclic) bond motifs is 24. The average molecular weight is 1030 g/mol. The van der Waals surface area contributed by atoms with E-state index in [9.17, 15) is 0 Å². The van der Waals surface area contributed by atoms with Crippen LogP contribution in [0, 0.1) is 0 Å². The summed E-state index contributed by atoms with van der Waals surface area (Å²) in [6, 6.07) is 78.5. The van der Waals surface area contributed by atoms with Crippen molar-refractivity contribution in [2.75, 3.05) is 0 Å². The van der Waals surface area contributed by atoms with Crippen LogP contribution in [-0.4, -0.2) is 33.8 Å². The second-order valence-electron chi connectivity index (χ2n) is 23.8. The van der Waals surface area contributed by atoms with Crippen molar-refractivity contribution in [3.8, 4) is 33.9 Å². The van der Waals surface area contributed by atoms with Crippen molar-refractivity contribution >= 4 is 122 Å². The van der Waals surface area contributed by atoms with Crippen LogP contribution in [0.3, 0.4) is 0 Å². The summed E-state index contributed by atoms with van der Waals surface area (Å²) < 4.78 is 15.8. The van der Waals surface area contributed by atoms with Crippen LogP contribution < -0.4 is 16.4 Å². The highest BCUT2D eigenvalue weighted by atomic mass is 15.2. The van der Waals surface area contributed by atoms with Crippen LogP contribution in [0.4, 0.5) is 0 Å². The Balaban J connectivity index is 1.10. The van der Waals surface area contributed by atoms with Crippen molar-refractivity contribution in [3.05, 3.63) is 223 Å². The molecular weight excluding hydrogens is 972 g/mol. The van der Waals surface area contributed by atoms with Crippen LogP contribution in [0.5, 0.6) is 0 Å². The Labute approximate surface area is 462 Å². The van der Waals surface area contributed by atoms with Crippen LogP contribution in [0.1, 0.15) is 76.0 Å². The first-order valence-electron chi connectivity index (χ1n) is 28.7. The second-order valence-corrected chi connectivity index (χ2v) is 23.8. The van der Waals surface area contributed by atoms with Crippen molar-refractivity contribution in [2.45, 2.75) is 59.3 Å². The fourth-order valence-electron chi connectivity index (χ4n) is 15.4. The molecule has 380 valence electrons. The number of nitrogens with zero attached hydrogens (tertiary/aromatic N) is 6. The van der Waals surface area contributed by atoms with Gasteiger partial charge in [-0.3, -0.25) is 17.9 Å². The molecular formula is C73H55BN6. The highest BCUT2D eigenvalue weighted by molar-refractivity contribution is 7.02. The summed E-state index contributed by atoms with van der Waals surface area (Å²) in [7, 11) is 0. The van der Waals surface area contributed by atoms with E-state index in [1.807, 2.05) is 0 Å². The Morgan fingerprint density at radius 2 is 0.700 bits per heavy atom. The van der Waals surface area contributed by atoms with E-state index in [1.54, 1.807) is 0 Å². The van der Waals surface area contributed by atoms with E-state index in [0.29, 0.717) is 17.8 Å². The molecule has 6 nitrogen and oxygen atoms in total. The van der Waals surface area contributed by atoms with Crippen molar-refractivity contribution in [2.24, 2.45) is 0 Å². The molecule has 0 unspecified atom stereocenters. The lowest BCUT2D eigenvalue weighted by Gasteiger charge is -2.33. The maximum absolute atomic E-state index is 2.68. The third kappa shape index (κ3) is 5.40. The zero-order valence-electron chi connectivity index (χ0n) is 45.6. The lowest BCUT2D eigenvalue weighted by atomic mass is 9.34. The highest BCUT2D eigenvalue weighted by Gasteiger charge is 2.46. The van der Waals surface area contributed by atoms with Crippen molar-refractivity contribution in [3.63, 3.8) is 0 Å². The van der Waals surface area contributed by atoms with Gasteiger partial charge in [0.2, 0.25) is 0 Å².